The molecular formula is C12H13F3N4O2. The Morgan fingerprint density at radius 2 is 2.19 bits per heavy atom. The quantitative estimate of drug-likeness (QED) is 0.822. The van der Waals surface area contributed by atoms with Gasteiger partial charge in [-0.05, 0) is 6.42 Å². The standard InChI is InChI=1S/C12H13F3N4O2/c13-12(14,15)8-3-9(18-7-17-8)19-2-1-11(6-19)5-16-10(20)4-21-11/h3,7H,1-2,4-6H2,(H,16,20). The molecule has 1 spiro atoms. The molecule has 6 nitrogen and oxygen atoms in total. The molecule has 114 valence electrons. The number of amides is 1. The van der Waals surface area contributed by atoms with Crippen molar-refractivity contribution in [3.05, 3.63) is 18.1 Å². The number of alkyl halides is 3. The summed E-state index contributed by atoms with van der Waals surface area (Å²) >= 11 is 0. The Morgan fingerprint density at radius 3 is 2.86 bits per heavy atom. The second-order valence-electron chi connectivity index (χ2n) is 5.18. The molecule has 1 aromatic heterocycles. The highest BCUT2D eigenvalue weighted by Crippen LogP contribution is 2.32. The molecule has 1 aromatic rings. The topological polar surface area (TPSA) is 67.3 Å². The van der Waals surface area contributed by atoms with Crippen molar-refractivity contribution in [3.8, 4) is 0 Å². The molecule has 0 aliphatic carbocycles. The van der Waals surface area contributed by atoms with Crippen LogP contribution in [-0.4, -0.2) is 47.7 Å². The average Bonchev–Trinajstić information content (AvgIpc) is 2.86. The van der Waals surface area contributed by atoms with E-state index in [9.17, 15) is 18.0 Å². The van der Waals surface area contributed by atoms with Crippen molar-refractivity contribution in [2.24, 2.45) is 0 Å². The number of nitrogens with one attached hydrogen (secondary N) is 1. The predicted octanol–water partition coefficient (Wildman–Crippen LogP) is 0.591. The normalized spacial score (nSPS) is 26.2. The van der Waals surface area contributed by atoms with Crippen molar-refractivity contribution < 1.29 is 22.7 Å². The predicted molar refractivity (Wildman–Crippen MR) is 65.6 cm³/mol. The van der Waals surface area contributed by atoms with E-state index in [-0.39, 0.29) is 18.3 Å². The van der Waals surface area contributed by atoms with Gasteiger partial charge in [-0.3, -0.25) is 4.79 Å². The number of aromatic nitrogens is 2. The first-order chi connectivity index (χ1) is 9.88. The molecule has 1 N–H and O–H groups in total. The highest BCUT2D eigenvalue weighted by molar-refractivity contribution is 5.78. The minimum absolute atomic E-state index is 0.0224. The summed E-state index contributed by atoms with van der Waals surface area (Å²) in [6, 6.07) is 0.931. The van der Waals surface area contributed by atoms with E-state index < -0.39 is 17.5 Å². The number of anilines is 1. The first-order valence-corrected chi connectivity index (χ1v) is 6.43. The van der Waals surface area contributed by atoms with Crippen molar-refractivity contribution in [1.82, 2.24) is 15.3 Å². The number of hydrogen-bond acceptors (Lipinski definition) is 5. The number of hydrogen-bond donors (Lipinski definition) is 1. The maximum absolute atomic E-state index is 12.7. The largest absolute Gasteiger partial charge is 0.433 e. The van der Waals surface area contributed by atoms with Crippen molar-refractivity contribution in [1.29, 1.82) is 0 Å². The fourth-order valence-corrected chi connectivity index (χ4v) is 2.56. The maximum Gasteiger partial charge on any atom is 0.433 e. The van der Waals surface area contributed by atoms with E-state index in [1.165, 1.54) is 0 Å². The minimum Gasteiger partial charge on any atom is -0.361 e. The molecular weight excluding hydrogens is 289 g/mol. The third kappa shape index (κ3) is 2.78. The van der Waals surface area contributed by atoms with Crippen molar-refractivity contribution in [2.45, 2.75) is 18.2 Å². The Morgan fingerprint density at radius 1 is 1.38 bits per heavy atom. The number of halogens is 3. The van der Waals surface area contributed by atoms with Crippen LogP contribution in [0.4, 0.5) is 19.0 Å². The summed E-state index contributed by atoms with van der Waals surface area (Å²) in [7, 11) is 0. The van der Waals surface area contributed by atoms with Gasteiger partial charge < -0.3 is 15.0 Å². The average molecular weight is 302 g/mol. The van der Waals surface area contributed by atoms with Crippen LogP contribution in [0.25, 0.3) is 0 Å². The van der Waals surface area contributed by atoms with Gasteiger partial charge in [0.05, 0.1) is 6.54 Å². The second kappa shape index (κ2) is 4.83. The molecule has 3 heterocycles. The summed E-state index contributed by atoms with van der Waals surface area (Å²) in [5.41, 5.74) is -1.51. The monoisotopic (exact) mass is 302 g/mol. The highest BCUT2D eigenvalue weighted by atomic mass is 19.4. The van der Waals surface area contributed by atoms with Gasteiger partial charge in [0.25, 0.3) is 0 Å². The van der Waals surface area contributed by atoms with Crippen LogP contribution in [0.1, 0.15) is 12.1 Å². The lowest BCUT2D eigenvalue weighted by Crippen LogP contribution is -2.53. The van der Waals surface area contributed by atoms with E-state index in [1.54, 1.807) is 4.90 Å². The summed E-state index contributed by atoms with van der Waals surface area (Å²) in [4.78, 5) is 20.0. The van der Waals surface area contributed by atoms with Crippen LogP contribution in [0.3, 0.4) is 0 Å². The summed E-state index contributed by atoms with van der Waals surface area (Å²) in [6.07, 6.45) is -2.96. The zero-order chi connectivity index (χ0) is 15.1. The molecule has 2 fully saturated rings. The van der Waals surface area contributed by atoms with Gasteiger partial charge in [0.2, 0.25) is 5.91 Å². The first kappa shape index (κ1) is 14.1. The summed E-state index contributed by atoms with van der Waals surface area (Å²) < 4.78 is 43.6. The fraction of sp³-hybridized carbons (Fsp3) is 0.583. The fourth-order valence-electron chi connectivity index (χ4n) is 2.56. The molecule has 9 heteroatoms. The molecule has 0 saturated carbocycles. The lowest BCUT2D eigenvalue weighted by atomic mass is 10.0. The van der Waals surface area contributed by atoms with Crippen molar-refractivity contribution >= 4 is 11.7 Å². The van der Waals surface area contributed by atoms with Crippen LogP contribution in [0, 0.1) is 0 Å². The Labute approximate surface area is 118 Å². The molecule has 1 atom stereocenters. The molecule has 2 saturated heterocycles. The number of rotatable bonds is 1. The van der Waals surface area contributed by atoms with Crippen LogP contribution in [0.2, 0.25) is 0 Å². The maximum atomic E-state index is 12.7. The Kier molecular flexibility index (Phi) is 3.23. The van der Waals surface area contributed by atoms with Gasteiger partial charge in [0.1, 0.15) is 30.0 Å². The van der Waals surface area contributed by atoms with Gasteiger partial charge in [-0.2, -0.15) is 13.2 Å². The van der Waals surface area contributed by atoms with E-state index in [0.717, 1.165) is 12.4 Å². The van der Waals surface area contributed by atoms with Gasteiger partial charge >= 0.3 is 6.18 Å². The van der Waals surface area contributed by atoms with E-state index in [0.29, 0.717) is 26.1 Å². The van der Waals surface area contributed by atoms with E-state index >= 15 is 0 Å². The lowest BCUT2D eigenvalue weighted by Gasteiger charge is -2.33. The second-order valence-corrected chi connectivity index (χ2v) is 5.18. The molecule has 2 aliphatic rings. The number of carbonyl (C=O) groups is 1. The summed E-state index contributed by atoms with van der Waals surface area (Å²) in [6.45, 7) is 1.25. The zero-order valence-corrected chi connectivity index (χ0v) is 11.0. The molecule has 2 aliphatic heterocycles. The van der Waals surface area contributed by atoms with Crippen LogP contribution in [-0.2, 0) is 15.7 Å². The summed E-state index contributed by atoms with van der Waals surface area (Å²) in [5.74, 6) is 0.0372. The molecule has 0 bridgehead atoms. The van der Waals surface area contributed by atoms with Gasteiger partial charge in [0.15, 0.2) is 0 Å². The van der Waals surface area contributed by atoms with Crippen molar-refractivity contribution in [3.63, 3.8) is 0 Å². The Hall–Kier alpha value is -1.90. The number of carbonyl (C=O) groups excluding carboxylic acids is 1. The van der Waals surface area contributed by atoms with Crippen LogP contribution < -0.4 is 10.2 Å². The summed E-state index contributed by atoms with van der Waals surface area (Å²) in [5, 5.41) is 2.72. The zero-order valence-electron chi connectivity index (χ0n) is 11.0. The van der Waals surface area contributed by atoms with Gasteiger partial charge in [-0.15, -0.1) is 0 Å². The van der Waals surface area contributed by atoms with Crippen LogP contribution in [0.5, 0.6) is 0 Å². The molecule has 3 rings (SSSR count). The molecule has 21 heavy (non-hydrogen) atoms. The van der Waals surface area contributed by atoms with Gasteiger partial charge in [0, 0.05) is 19.2 Å². The third-order valence-corrected chi connectivity index (χ3v) is 3.70. The third-order valence-electron chi connectivity index (χ3n) is 3.70. The Balaban J connectivity index is 1.76. The van der Waals surface area contributed by atoms with Gasteiger partial charge in [-0.1, -0.05) is 0 Å². The number of morpholine rings is 1. The lowest BCUT2D eigenvalue weighted by molar-refractivity contribution is -0.142. The molecule has 0 radical (unpaired) electrons. The number of nitrogens with zero attached hydrogens (tertiary/aromatic N) is 3. The van der Waals surface area contributed by atoms with Gasteiger partial charge in [-0.25, -0.2) is 9.97 Å². The van der Waals surface area contributed by atoms with Crippen LogP contribution >= 0.6 is 0 Å². The van der Waals surface area contributed by atoms with Crippen molar-refractivity contribution in [2.75, 3.05) is 31.1 Å². The van der Waals surface area contributed by atoms with E-state index in [1.807, 2.05) is 0 Å². The SMILES string of the molecule is O=C1COC2(CCN(c3cc(C(F)(F)F)ncn3)C2)CN1. The smallest absolute Gasteiger partial charge is 0.361 e. The first-order valence-electron chi connectivity index (χ1n) is 6.43. The minimum atomic E-state index is -4.50. The molecule has 0 aromatic carbocycles. The highest BCUT2D eigenvalue weighted by Gasteiger charge is 2.43. The molecule has 1 amide bonds. The molecule has 1 unspecified atom stereocenters. The van der Waals surface area contributed by atoms with E-state index in [2.05, 4.69) is 15.3 Å². The Bertz CT molecular complexity index is 554. The van der Waals surface area contributed by atoms with E-state index in [4.69, 9.17) is 4.74 Å². The number of ether oxygens (including phenoxy) is 1. The van der Waals surface area contributed by atoms with Crippen LogP contribution in [0.15, 0.2) is 12.4 Å².